The molecule has 0 aliphatic carbocycles. The van der Waals surface area contributed by atoms with Gasteiger partial charge in [-0.1, -0.05) is 0 Å². The van der Waals surface area contributed by atoms with Gasteiger partial charge in [-0.2, -0.15) is 0 Å². The van der Waals surface area contributed by atoms with Crippen LogP contribution in [0, 0.1) is 6.92 Å². The standard InChI is InChI=1S/C13H15N5S/c1-8-4-5-9-10(16-8)18(12(14)17-9)13(2,3)11-15-6-7-19-11/h4-7H,1-3H3,(H2,14,17). The molecular formula is C13H15N5S. The van der Waals surface area contributed by atoms with E-state index in [4.69, 9.17) is 5.73 Å². The van der Waals surface area contributed by atoms with Gasteiger partial charge in [0.1, 0.15) is 10.5 Å². The molecule has 6 heteroatoms. The van der Waals surface area contributed by atoms with Gasteiger partial charge in [0.25, 0.3) is 0 Å². The minimum Gasteiger partial charge on any atom is -0.369 e. The number of nitrogens with zero attached hydrogens (tertiary/aromatic N) is 4. The molecule has 3 aromatic heterocycles. The van der Waals surface area contributed by atoms with Crippen molar-refractivity contribution in [2.75, 3.05) is 5.73 Å². The van der Waals surface area contributed by atoms with Gasteiger partial charge in [-0.3, -0.25) is 4.57 Å². The Balaban J connectivity index is 2.30. The average molecular weight is 273 g/mol. The molecule has 0 spiro atoms. The number of aryl methyl sites for hydroxylation is 1. The second-order valence-corrected chi connectivity index (χ2v) is 5.89. The summed E-state index contributed by atoms with van der Waals surface area (Å²) in [5.74, 6) is 0.466. The number of nitrogens with two attached hydrogens (primary N) is 1. The highest BCUT2D eigenvalue weighted by Gasteiger charge is 2.30. The molecule has 0 aromatic carbocycles. The van der Waals surface area contributed by atoms with Crippen molar-refractivity contribution in [3.8, 4) is 0 Å². The van der Waals surface area contributed by atoms with Crippen LogP contribution in [-0.4, -0.2) is 19.5 Å². The fraction of sp³-hybridized carbons (Fsp3) is 0.308. The van der Waals surface area contributed by atoms with Crippen LogP contribution in [-0.2, 0) is 5.54 Å². The second-order valence-electron chi connectivity index (χ2n) is 5.00. The van der Waals surface area contributed by atoms with E-state index in [-0.39, 0.29) is 5.54 Å². The summed E-state index contributed by atoms with van der Waals surface area (Å²) in [5.41, 5.74) is 8.28. The van der Waals surface area contributed by atoms with Crippen LogP contribution in [0.25, 0.3) is 11.2 Å². The number of aromatic nitrogens is 4. The third-order valence-electron chi connectivity index (χ3n) is 3.18. The zero-order chi connectivity index (χ0) is 13.6. The predicted molar refractivity (Wildman–Crippen MR) is 77.2 cm³/mol. The summed E-state index contributed by atoms with van der Waals surface area (Å²) in [6.07, 6.45) is 1.80. The Bertz CT molecular complexity index is 727. The number of anilines is 1. The van der Waals surface area contributed by atoms with E-state index in [9.17, 15) is 0 Å². The highest BCUT2D eigenvalue weighted by atomic mass is 32.1. The van der Waals surface area contributed by atoms with E-state index in [1.165, 1.54) is 0 Å². The SMILES string of the molecule is Cc1ccc2nc(N)n(C(C)(C)c3nccs3)c2n1. The van der Waals surface area contributed by atoms with Gasteiger partial charge in [0.2, 0.25) is 5.95 Å². The van der Waals surface area contributed by atoms with Gasteiger partial charge in [0, 0.05) is 17.3 Å². The molecule has 0 saturated heterocycles. The molecule has 3 aromatic rings. The largest absolute Gasteiger partial charge is 0.369 e. The zero-order valence-electron chi connectivity index (χ0n) is 11.1. The maximum atomic E-state index is 6.08. The molecule has 0 fully saturated rings. The van der Waals surface area contributed by atoms with E-state index in [1.54, 1.807) is 17.5 Å². The molecule has 0 amide bonds. The summed E-state index contributed by atoms with van der Waals surface area (Å²) >= 11 is 1.61. The predicted octanol–water partition coefficient (Wildman–Crippen LogP) is 2.56. The smallest absolute Gasteiger partial charge is 0.203 e. The van der Waals surface area contributed by atoms with E-state index in [2.05, 4.69) is 28.8 Å². The third-order valence-corrected chi connectivity index (χ3v) is 4.27. The fourth-order valence-corrected chi connectivity index (χ4v) is 2.99. The molecular weight excluding hydrogens is 258 g/mol. The number of nitrogen functional groups attached to an aromatic ring is 1. The van der Waals surface area contributed by atoms with E-state index < -0.39 is 0 Å². The van der Waals surface area contributed by atoms with Crippen molar-refractivity contribution in [2.24, 2.45) is 0 Å². The van der Waals surface area contributed by atoms with Crippen LogP contribution in [0.15, 0.2) is 23.7 Å². The first-order valence-corrected chi connectivity index (χ1v) is 6.90. The molecule has 0 unspecified atom stereocenters. The van der Waals surface area contributed by atoms with Crippen LogP contribution in [0.2, 0.25) is 0 Å². The van der Waals surface area contributed by atoms with Crippen LogP contribution >= 0.6 is 11.3 Å². The Labute approximate surface area is 115 Å². The van der Waals surface area contributed by atoms with Crippen molar-refractivity contribution < 1.29 is 0 Å². The second kappa shape index (κ2) is 4.03. The number of thiazole rings is 1. The summed E-state index contributed by atoms with van der Waals surface area (Å²) < 4.78 is 1.95. The van der Waals surface area contributed by atoms with Crippen LogP contribution in [0.5, 0.6) is 0 Å². The minimum absolute atomic E-state index is 0.367. The highest BCUT2D eigenvalue weighted by Crippen LogP contribution is 2.32. The number of imidazole rings is 1. The molecule has 3 rings (SSSR count). The number of hydrogen-bond donors (Lipinski definition) is 1. The molecule has 0 aliphatic rings. The molecule has 0 aliphatic heterocycles. The average Bonchev–Trinajstić information content (AvgIpc) is 2.95. The molecule has 0 radical (unpaired) electrons. The Morgan fingerprint density at radius 2 is 2.05 bits per heavy atom. The van der Waals surface area contributed by atoms with Gasteiger partial charge in [-0.15, -0.1) is 11.3 Å². The van der Waals surface area contributed by atoms with Crippen molar-refractivity contribution in [2.45, 2.75) is 26.3 Å². The molecule has 5 nitrogen and oxygen atoms in total. The van der Waals surface area contributed by atoms with Gasteiger partial charge in [0.05, 0.1) is 5.54 Å². The molecule has 2 N–H and O–H groups in total. The van der Waals surface area contributed by atoms with Gasteiger partial charge in [0.15, 0.2) is 5.65 Å². The van der Waals surface area contributed by atoms with Gasteiger partial charge < -0.3 is 5.73 Å². The van der Waals surface area contributed by atoms with Crippen LogP contribution in [0.4, 0.5) is 5.95 Å². The Hall–Kier alpha value is -1.95. The third kappa shape index (κ3) is 1.79. The normalized spacial score (nSPS) is 12.2. The number of rotatable bonds is 2. The van der Waals surface area contributed by atoms with Crippen molar-refractivity contribution in [1.82, 2.24) is 19.5 Å². The molecule has 98 valence electrons. The van der Waals surface area contributed by atoms with Crippen LogP contribution in [0.1, 0.15) is 24.5 Å². The van der Waals surface area contributed by atoms with Gasteiger partial charge in [-0.05, 0) is 32.9 Å². The number of pyridine rings is 1. The summed E-state index contributed by atoms with van der Waals surface area (Å²) in [6, 6.07) is 3.89. The summed E-state index contributed by atoms with van der Waals surface area (Å²) in [6.45, 7) is 6.12. The molecule has 0 atom stereocenters. The van der Waals surface area contributed by atoms with E-state index in [1.807, 2.05) is 29.0 Å². The zero-order valence-corrected chi connectivity index (χ0v) is 11.9. The maximum absolute atomic E-state index is 6.08. The Morgan fingerprint density at radius 1 is 1.26 bits per heavy atom. The van der Waals surface area contributed by atoms with E-state index in [0.29, 0.717) is 5.95 Å². The van der Waals surface area contributed by atoms with Crippen molar-refractivity contribution in [3.05, 3.63) is 34.4 Å². The first-order chi connectivity index (χ1) is 9.00. The van der Waals surface area contributed by atoms with Gasteiger partial charge >= 0.3 is 0 Å². The van der Waals surface area contributed by atoms with Gasteiger partial charge in [-0.25, -0.2) is 15.0 Å². The van der Waals surface area contributed by atoms with E-state index in [0.717, 1.165) is 21.9 Å². The minimum atomic E-state index is -0.367. The summed E-state index contributed by atoms with van der Waals surface area (Å²) in [5, 5.41) is 2.95. The van der Waals surface area contributed by atoms with E-state index >= 15 is 0 Å². The highest BCUT2D eigenvalue weighted by molar-refractivity contribution is 7.09. The molecule has 3 heterocycles. The molecule has 0 saturated carbocycles. The monoisotopic (exact) mass is 273 g/mol. The summed E-state index contributed by atoms with van der Waals surface area (Å²) in [7, 11) is 0. The quantitative estimate of drug-likeness (QED) is 0.779. The summed E-state index contributed by atoms with van der Waals surface area (Å²) in [4.78, 5) is 13.4. The lowest BCUT2D eigenvalue weighted by Gasteiger charge is -2.25. The lowest BCUT2D eigenvalue weighted by Crippen LogP contribution is -2.29. The van der Waals surface area contributed by atoms with Crippen molar-refractivity contribution in [3.63, 3.8) is 0 Å². The van der Waals surface area contributed by atoms with Crippen molar-refractivity contribution >= 4 is 28.4 Å². The lowest BCUT2D eigenvalue weighted by molar-refractivity contribution is 0.450. The first-order valence-electron chi connectivity index (χ1n) is 6.02. The Kier molecular flexibility index (Phi) is 2.56. The van der Waals surface area contributed by atoms with Crippen LogP contribution in [0.3, 0.4) is 0 Å². The van der Waals surface area contributed by atoms with Crippen molar-refractivity contribution in [1.29, 1.82) is 0 Å². The first kappa shape index (κ1) is 12.1. The topological polar surface area (TPSA) is 69.6 Å². The maximum Gasteiger partial charge on any atom is 0.203 e. The Morgan fingerprint density at radius 3 is 2.74 bits per heavy atom. The number of hydrogen-bond acceptors (Lipinski definition) is 5. The fourth-order valence-electron chi connectivity index (χ4n) is 2.24. The molecule has 0 bridgehead atoms. The van der Waals surface area contributed by atoms with Crippen LogP contribution < -0.4 is 5.73 Å². The number of fused-ring (bicyclic) bond motifs is 1. The lowest BCUT2D eigenvalue weighted by atomic mass is 10.1. The molecule has 19 heavy (non-hydrogen) atoms.